The number of carbonyl (C=O) groups is 2. The van der Waals surface area contributed by atoms with Crippen LogP contribution >= 0.6 is 15.9 Å². The van der Waals surface area contributed by atoms with E-state index in [2.05, 4.69) is 21.2 Å². The lowest BCUT2D eigenvalue weighted by Gasteiger charge is -2.32. The molecule has 2 unspecified atom stereocenters. The number of carbonyl (C=O) groups excluding carboxylic acids is 2. The van der Waals surface area contributed by atoms with Crippen LogP contribution in [0.5, 0.6) is 0 Å². The molecule has 3 aromatic rings. The number of halogens is 1. The number of amides is 2. The Hall–Kier alpha value is -3.17. The van der Waals surface area contributed by atoms with Crippen molar-refractivity contribution >= 4 is 43.5 Å². The van der Waals surface area contributed by atoms with Crippen LogP contribution in [-0.2, 0) is 26.2 Å². The Kier molecular flexibility index (Phi) is 10.1. The van der Waals surface area contributed by atoms with Crippen LogP contribution in [0.1, 0.15) is 38.3 Å². The molecule has 9 heteroatoms. The third-order valence-corrected chi connectivity index (χ3v) is 8.76. The Morgan fingerprint density at radius 3 is 2.24 bits per heavy atom. The standard InChI is InChI=1S/C29H34BrN3O4S/c1-5-22(3)31-29(35)23(4)32(19-24-13-10-9-12-21(24)2)28(34)20-33(26-15-11-14-25(30)18-26)38(36,37)27-16-7-6-8-17-27/h6-18,22-23H,5,19-20H2,1-4H3,(H,31,35). The Morgan fingerprint density at radius 1 is 0.947 bits per heavy atom. The molecule has 202 valence electrons. The predicted octanol–water partition coefficient (Wildman–Crippen LogP) is 5.28. The zero-order valence-corrected chi connectivity index (χ0v) is 24.5. The van der Waals surface area contributed by atoms with Crippen molar-refractivity contribution < 1.29 is 18.0 Å². The lowest BCUT2D eigenvalue weighted by molar-refractivity contribution is -0.139. The molecule has 0 saturated heterocycles. The fourth-order valence-corrected chi connectivity index (χ4v) is 5.71. The Bertz CT molecular complexity index is 1370. The molecule has 0 bridgehead atoms. The van der Waals surface area contributed by atoms with Gasteiger partial charge in [0, 0.05) is 17.1 Å². The first-order chi connectivity index (χ1) is 18.0. The predicted molar refractivity (Wildman–Crippen MR) is 154 cm³/mol. The van der Waals surface area contributed by atoms with Gasteiger partial charge in [-0.2, -0.15) is 0 Å². The second-order valence-corrected chi connectivity index (χ2v) is 12.0. The molecule has 3 rings (SSSR count). The van der Waals surface area contributed by atoms with Crippen LogP contribution in [0.2, 0.25) is 0 Å². The minimum absolute atomic E-state index is 0.0583. The highest BCUT2D eigenvalue weighted by atomic mass is 79.9. The zero-order valence-electron chi connectivity index (χ0n) is 22.1. The van der Waals surface area contributed by atoms with Crippen molar-refractivity contribution in [2.24, 2.45) is 0 Å². The number of benzene rings is 3. The number of nitrogens with one attached hydrogen (secondary N) is 1. The largest absolute Gasteiger partial charge is 0.352 e. The van der Waals surface area contributed by atoms with Gasteiger partial charge in [0.2, 0.25) is 11.8 Å². The quantitative estimate of drug-likeness (QED) is 0.324. The average molecular weight is 601 g/mol. The Balaban J connectivity index is 2.03. The van der Waals surface area contributed by atoms with E-state index in [4.69, 9.17) is 0 Å². The van der Waals surface area contributed by atoms with Gasteiger partial charge >= 0.3 is 0 Å². The topological polar surface area (TPSA) is 86.8 Å². The molecule has 7 nitrogen and oxygen atoms in total. The van der Waals surface area contributed by atoms with Gasteiger partial charge < -0.3 is 10.2 Å². The molecule has 3 aromatic carbocycles. The minimum Gasteiger partial charge on any atom is -0.352 e. The molecule has 0 aliphatic carbocycles. The molecule has 2 atom stereocenters. The number of hydrogen-bond donors (Lipinski definition) is 1. The molecule has 0 radical (unpaired) electrons. The summed E-state index contributed by atoms with van der Waals surface area (Å²) < 4.78 is 29.3. The van der Waals surface area contributed by atoms with Gasteiger partial charge in [0.1, 0.15) is 12.6 Å². The Labute approximate surface area is 234 Å². The van der Waals surface area contributed by atoms with E-state index in [0.29, 0.717) is 10.2 Å². The van der Waals surface area contributed by atoms with Crippen LogP contribution in [0.3, 0.4) is 0 Å². The highest BCUT2D eigenvalue weighted by Crippen LogP contribution is 2.27. The van der Waals surface area contributed by atoms with Gasteiger partial charge in [-0.15, -0.1) is 0 Å². The van der Waals surface area contributed by atoms with E-state index in [1.165, 1.54) is 17.0 Å². The maximum absolute atomic E-state index is 13.9. The molecule has 0 spiro atoms. The first-order valence-corrected chi connectivity index (χ1v) is 14.8. The summed E-state index contributed by atoms with van der Waals surface area (Å²) in [7, 11) is -4.08. The second-order valence-electron chi connectivity index (χ2n) is 9.25. The molecule has 0 aromatic heterocycles. The van der Waals surface area contributed by atoms with Crippen LogP contribution in [0, 0.1) is 6.92 Å². The number of sulfonamides is 1. The molecule has 0 aliphatic rings. The molecule has 0 fully saturated rings. The molecule has 0 heterocycles. The van der Waals surface area contributed by atoms with Crippen LogP contribution in [0.25, 0.3) is 0 Å². The van der Waals surface area contributed by atoms with Crippen molar-refractivity contribution in [1.29, 1.82) is 0 Å². The van der Waals surface area contributed by atoms with Gasteiger partial charge in [-0.3, -0.25) is 13.9 Å². The van der Waals surface area contributed by atoms with Crippen LogP contribution in [0.4, 0.5) is 5.69 Å². The summed E-state index contributed by atoms with van der Waals surface area (Å²) in [5.74, 6) is -0.777. The van der Waals surface area contributed by atoms with Gasteiger partial charge in [-0.1, -0.05) is 71.4 Å². The van der Waals surface area contributed by atoms with Crippen molar-refractivity contribution in [3.05, 3.63) is 94.5 Å². The molecular formula is C29H34BrN3O4S. The lowest BCUT2D eigenvalue weighted by Crippen LogP contribution is -2.52. The van der Waals surface area contributed by atoms with E-state index >= 15 is 0 Å². The molecule has 2 amide bonds. The number of aryl methyl sites for hydroxylation is 1. The monoisotopic (exact) mass is 599 g/mol. The van der Waals surface area contributed by atoms with E-state index < -0.39 is 28.5 Å². The van der Waals surface area contributed by atoms with Gasteiger partial charge in [0.15, 0.2) is 0 Å². The van der Waals surface area contributed by atoms with Crippen LogP contribution in [0.15, 0.2) is 88.2 Å². The number of nitrogens with zero attached hydrogens (tertiary/aromatic N) is 2. The lowest BCUT2D eigenvalue weighted by atomic mass is 10.1. The number of rotatable bonds is 11. The first kappa shape index (κ1) is 29.4. The van der Waals surface area contributed by atoms with Crippen molar-refractivity contribution in [2.45, 2.75) is 57.6 Å². The maximum atomic E-state index is 13.9. The van der Waals surface area contributed by atoms with E-state index in [-0.39, 0.29) is 23.4 Å². The summed E-state index contributed by atoms with van der Waals surface area (Å²) in [6.45, 7) is 7.17. The summed E-state index contributed by atoms with van der Waals surface area (Å²) >= 11 is 3.40. The van der Waals surface area contributed by atoms with Crippen molar-refractivity contribution in [1.82, 2.24) is 10.2 Å². The minimum atomic E-state index is -4.08. The summed E-state index contributed by atoms with van der Waals surface area (Å²) in [5.41, 5.74) is 2.19. The van der Waals surface area contributed by atoms with E-state index in [1.54, 1.807) is 49.4 Å². The summed E-state index contributed by atoms with van der Waals surface area (Å²) in [6, 6.07) is 21.5. The first-order valence-electron chi connectivity index (χ1n) is 12.5. The van der Waals surface area contributed by atoms with E-state index in [1.807, 2.05) is 45.0 Å². The highest BCUT2D eigenvalue weighted by Gasteiger charge is 2.33. The number of anilines is 1. The van der Waals surface area contributed by atoms with Crippen molar-refractivity contribution in [3.8, 4) is 0 Å². The molecule has 0 aliphatic heterocycles. The normalized spacial score (nSPS) is 12.9. The smallest absolute Gasteiger partial charge is 0.264 e. The second kappa shape index (κ2) is 13.1. The van der Waals surface area contributed by atoms with Gasteiger partial charge in [-0.05, 0) is 68.7 Å². The molecule has 38 heavy (non-hydrogen) atoms. The zero-order chi connectivity index (χ0) is 27.9. The maximum Gasteiger partial charge on any atom is 0.264 e. The summed E-state index contributed by atoms with van der Waals surface area (Å²) in [5, 5.41) is 2.94. The highest BCUT2D eigenvalue weighted by molar-refractivity contribution is 9.10. The fourth-order valence-electron chi connectivity index (χ4n) is 3.90. The third-order valence-electron chi connectivity index (χ3n) is 6.48. The van der Waals surface area contributed by atoms with Crippen molar-refractivity contribution in [2.75, 3.05) is 10.8 Å². The average Bonchev–Trinajstić information content (AvgIpc) is 2.91. The van der Waals surface area contributed by atoms with Crippen LogP contribution in [-0.4, -0.2) is 43.8 Å². The van der Waals surface area contributed by atoms with E-state index in [0.717, 1.165) is 21.9 Å². The van der Waals surface area contributed by atoms with Crippen LogP contribution < -0.4 is 9.62 Å². The molecule has 1 N–H and O–H groups in total. The Morgan fingerprint density at radius 2 is 1.61 bits per heavy atom. The number of hydrogen-bond acceptors (Lipinski definition) is 4. The van der Waals surface area contributed by atoms with Gasteiger partial charge in [0.25, 0.3) is 10.0 Å². The fraction of sp³-hybridized carbons (Fsp3) is 0.310. The molecular weight excluding hydrogens is 566 g/mol. The molecule has 0 saturated carbocycles. The third kappa shape index (κ3) is 7.23. The van der Waals surface area contributed by atoms with Gasteiger partial charge in [0.05, 0.1) is 10.6 Å². The van der Waals surface area contributed by atoms with Gasteiger partial charge in [-0.25, -0.2) is 8.42 Å². The van der Waals surface area contributed by atoms with Crippen molar-refractivity contribution in [3.63, 3.8) is 0 Å². The summed E-state index contributed by atoms with van der Waals surface area (Å²) in [6.07, 6.45) is 0.746. The van der Waals surface area contributed by atoms with E-state index in [9.17, 15) is 18.0 Å². The summed E-state index contributed by atoms with van der Waals surface area (Å²) in [4.78, 5) is 28.6. The SMILES string of the molecule is CCC(C)NC(=O)C(C)N(Cc1ccccc1C)C(=O)CN(c1cccc(Br)c1)S(=O)(=O)c1ccccc1.